The number of allylic oxidation sites excluding steroid dienone is 1. The smallest absolute Gasteiger partial charge is 0.412 e. The van der Waals surface area contributed by atoms with Crippen molar-refractivity contribution in [3.05, 3.63) is 82.9 Å². The lowest BCUT2D eigenvalue weighted by molar-refractivity contribution is -0.131. The predicted molar refractivity (Wildman–Crippen MR) is 129 cm³/mol. The van der Waals surface area contributed by atoms with Crippen molar-refractivity contribution in [3.63, 3.8) is 0 Å². The van der Waals surface area contributed by atoms with Crippen LogP contribution in [0.5, 0.6) is 5.75 Å². The summed E-state index contributed by atoms with van der Waals surface area (Å²) in [5, 5.41) is 23.9. The molecule has 0 saturated carbocycles. The maximum Gasteiger partial charge on any atom is 0.412 e. The fraction of sp³-hybridized carbons (Fsp3) is 0.200. The van der Waals surface area contributed by atoms with Crippen molar-refractivity contribution in [1.82, 2.24) is 0 Å². The Morgan fingerprint density at radius 3 is 2.64 bits per heavy atom. The van der Waals surface area contributed by atoms with Gasteiger partial charge < -0.3 is 19.7 Å². The first-order valence-corrected chi connectivity index (χ1v) is 11.0. The third-order valence-corrected chi connectivity index (χ3v) is 5.57. The third-order valence-electron chi connectivity index (χ3n) is 5.08. The first-order valence-electron chi connectivity index (χ1n) is 10.2. The Labute approximate surface area is 199 Å². The molecular formula is C25H24BrNO6. The van der Waals surface area contributed by atoms with Gasteiger partial charge in [0.1, 0.15) is 5.75 Å². The van der Waals surface area contributed by atoms with E-state index in [-0.39, 0.29) is 5.75 Å². The number of benzene rings is 3. The number of aromatic hydroxyl groups is 1. The van der Waals surface area contributed by atoms with Crippen molar-refractivity contribution in [3.8, 4) is 5.75 Å². The molecule has 2 atom stereocenters. The standard InChI is InChI=1S/C25H24BrNO6/c1-32-22(11-4-5-12-23(29)30)24(19-15-17(26)13-14-21(19)28)33-25(31)27-20-10-6-8-16-7-2-3-9-18(16)20/h2-3,5-10,12-15,22,24,28H,4,11H2,1H3,(H,27,31)(H,29,30)/b12-5+/t22-,24-/m1/s1. The minimum Gasteiger partial charge on any atom is -0.508 e. The Balaban J connectivity index is 1.85. The zero-order chi connectivity index (χ0) is 23.8. The maximum absolute atomic E-state index is 12.9. The quantitative estimate of drug-likeness (QED) is 0.301. The lowest BCUT2D eigenvalue weighted by Crippen LogP contribution is -2.28. The molecule has 0 bridgehead atoms. The van der Waals surface area contributed by atoms with Crippen LogP contribution in [-0.4, -0.2) is 35.5 Å². The number of methoxy groups -OCH3 is 1. The molecule has 3 rings (SSSR count). The Hall–Kier alpha value is -3.36. The van der Waals surface area contributed by atoms with Crippen LogP contribution in [0.3, 0.4) is 0 Å². The Bertz CT molecular complexity index is 1160. The molecule has 0 radical (unpaired) electrons. The van der Waals surface area contributed by atoms with Crippen LogP contribution in [0, 0.1) is 0 Å². The van der Waals surface area contributed by atoms with Gasteiger partial charge in [-0.05, 0) is 42.5 Å². The highest BCUT2D eigenvalue weighted by molar-refractivity contribution is 9.10. The molecule has 8 heteroatoms. The van der Waals surface area contributed by atoms with Crippen LogP contribution in [0.25, 0.3) is 10.8 Å². The van der Waals surface area contributed by atoms with Gasteiger partial charge in [0, 0.05) is 28.6 Å². The van der Waals surface area contributed by atoms with Gasteiger partial charge in [0.15, 0.2) is 6.10 Å². The minimum atomic E-state index is -1.05. The Morgan fingerprint density at radius 1 is 1.12 bits per heavy atom. The average Bonchev–Trinajstić information content (AvgIpc) is 2.80. The number of phenols is 1. The number of aliphatic carboxylic acids is 1. The number of rotatable bonds is 9. The number of halogens is 1. The summed E-state index contributed by atoms with van der Waals surface area (Å²) >= 11 is 3.38. The lowest BCUT2D eigenvalue weighted by Gasteiger charge is -2.27. The highest BCUT2D eigenvalue weighted by Gasteiger charge is 2.29. The number of carboxylic acids is 1. The van der Waals surface area contributed by atoms with Crippen LogP contribution in [0.15, 0.2) is 77.3 Å². The van der Waals surface area contributed by atoms with E-state index in [1.54, 1.807) is 18.2 Å². The van der Waals surface area contributed by atoms with Gasteiger partial charge in [-0.25, -0.2) is 9.59 Å². The molecule has 3 N–H and O–H groups in total. The van der Waals surface area contributed by atoms with Crippen molar-refractivity contribution in [2.45, 2.75) is 25.0 Å². The monoisotopic (exact) mass is 513 g/mol. The molecule has 0 aliphatic heterocycles. The fourth-order valence-corrected chi connectivity index (χ4v) is 3.90. The number of fused-ring (bicyclic) bond motifs is 1. The summed E-state index contributed by atoms with van der Waals surface area (Å²) < 4.78 is 12.0. The van der Waals surface area contributed by atoms with Gasteiger partial charge in [-0.15, -0.1) is 0 Å². The molecule has 0 unspecified atom stereocenters. The molecule has 0 aliphatic rings. The largest absolute Gasteiger partial charge is 0.508 e. The van der Waals surface area contributed by atoms with E-state index in [0.717, 1.165) is 16.8 Å². The first kappa shape index (κ1) is 24.3. The Morgan fingerprint density at radius 2 is 1.88 bits per heavy atom. The van der Waals surface area contributed by atoms with Crippen LogP contribution in [0.1, 0.15) is 24.5 Å². The summed E-state index contributed by atoms with van der Waals surface area (Å²) in [5.41, 5.74) is 0.959. The van der Waals surface area contributed by atoms with Crippen LogP contribution in [0.2, 0.25) is 0 Å². The van der Waals surface area contributed by atoms with E-state index in [4.69, 9.17) is 14.6 Å². The predicted octanol–water partition coefficient (Wildman–Crippen LogP) is 6.03. The number of hydrogen-bond donors (Lipinski definition) is 3. The summed E-state index contributed by atoms with van der Waals surface area (Å²) in [5.74, 6) is -1.10. The molecule has 0 saturated heterocycles. The molecule has 0 fully saturated rings. The third kappa shape index (κ3) is 6.57. The number of amides is 1. The van der Waals surface area contributed by atoms with Gasteiger partial charge in [-0.3, -0.25) is 5.32 Å². The fourth-order valence-electron chi connectivity index (χ4n) is 3.52. The molecule has 0 aliphatic carbocycles. The summed E-state index contributed by atoms with van der Waals surface area (Å²) in [6, 6.07) is 18.0. The molecule has 33 heavy (non-hydrogen) atoms. The molecule has 3 aromatic rings. The maximum atomic E-state index is 12.9. The first-order chi connectivity index (χ1) is 15.9. The summed E-state index contributed by atoms with van der Waals surface area (Å²) in [7, 11) is 1.47. The topological polar surface area (TPSA) is 105 Å². The van der Waals surface area contributed by atoms with Crippen molar-refractivity contribution in [1.29, 1.82) is 0 Å². The second-order valence-corrected chi connectivity index (χ2v) is 8.19. The van der Waals surface area contributed by atoms with Gasteiger partial charge in [-0.2, -0.15) is 0 Å². The average molecular weight is 514 g/mol. The van der Waals surface area contributed by atoms with E-state index in [2.05, 4.69) is 21.2 Å². The second-order valence-electron chi connectivity index (χ2n) is 7.27. The van der Waals surface area contributed by atoms with Gasteiger partial charge >= 0.3 is 12.1 Å². The van der Waals surface area contributed by atoms with Crippen LogP contribution in [-0.2, 0) is 14.3 Å². The normalized spacial score (nSPS) is 13.0. The van der Waals surface area contributed by atoms with Crippen LogP contribution < -0.4 is 5.32 Å². The molecule has 7 nitrogen and oxygen atoms in total. The highest BCUT2D eigenvalue weighted by Crippen LogP contribution is 2.35. The zero-order valence-electron chi connectivity index (χ0n) is 17.9. The number of ether oxygens (including phenoxy) is 2. The molecular weight excluding hydrogens is 490 g/mol. The van der Waals surface area contributed by atoms with Crippen LogP contribution >= 0.6 is 15.9 Å². The number of hydrogen-bond acceptors (Lipinski definition) is 5. The number of phenolic OH excluding ortho intramolecular Hbond substituents is 1. The van der Waals surface area contributed by atoms with Crippen molar-refractivity contribution < 1.29 is 29.3 Å². The van der Waals surface area contributed by atoms with Gasteiger partial charge in [0.2, 0.25) is 0 Å². The number of nitrogens with one attached hydrogen (secondary N) is 1. The van der Waals surface area contributed by atoms with Crippen molar-refractivity contribution >= 4 is 44.5 Å². The number of anilines is 1. The van der Waals surface area contributed by atoms with E-state index >= 15 is 0 Å². The van der Waals surface area contributed by atoms with E-state index in [9.17, 15) is 14.7 Å². The summed E-state index contributed by atoms with van der Waals surface area (Å²) in [6.07, 6.45) is 0.999. The minimum absolute atomic E-state index is 0.0516. The molecule has 0 aromatic heterocycles. The van der Waals surface area contributed by atoms with Gasteiger partial charge in [-0.1, -0.05) is 58.4 Å². The van der Waals surface area contributed by atoms with E-state index in [1.165, 1.54) is 19.3 Å². The second kappa shape index (κ2) is 11.5. The summed E-state index contributed by atoms with van der Waals surface area (Å²) in [6.45, 7) is 0. The van der Waals surface area contributed by atoms with E-state index in [1.807, 2.05) is 36.4 Å². The number of carbonyl (C=O) groups is 2. The summed E-state index contributed by atoms with van der Waals surface area (Å²) in [4.78, 5) is 23.6. The van der Waals surface area contributed by atoms with Crippen molar-refractivity contribution in [2.75, 3.05) is 12.4 Å². The van der Waals surface area contributed by atoms with E-state index in [0.29, 0.717) is 28.6 Å². The Kier molecular flexibility index (Phi) is 8.46. The van der Waals surface area contributed by atoms with Gasteiger partial charge in [0.05, 0.1) is 11.8 Å². The SMILES string of the molecule is CO[C@H](CC/C=C/C(=O)O)[C@H](OC(=O)Nc1cccc2ccccc12)c1cc(Br)ccc1O. The van der Waals surface area contributed by atoms with Gasteiger partial charge in [0.25, 0.3) is 0 Å². The lowest BCUT2D eigenvalue weighted by atomic mass is 9.99. The number of carbonyl (C=O) groups excluding carboxylic acids is 1. The highest BCUT2D eigenvalue weighted by atomic mass is 79.9. The molecule has 0 heterocycles. The zero-order valence-corrected chi connectivity index (χ0v) is 19.5. The van der Waals surface area contributed by atoms with E-state index < -0.39 is 24.3 Å². The molecule has 3 aromatic carbocycles. The molecule has 1 amide bonds. The number of carboxylic acid groups (broad SMARTS) is 1. The molecule has 0 spiro atoms. The molecule has 172 valence electrons. The van der Waals surface area contributed by atoms with Crippen LogP contribution in [0.4, 0.5) is 10.5 Å². The van der Waals surface area contributed by atoms with Crippen molar-refractivity contribution in [2.24, 2.45) is 0 Å².